The molecule has 0 saturated carbocycles. The van der Waals surface area contributed by atoms with Crippen molar-refractivity contribution in [1.82, 2.24) is 4.98 Å². The smallest absolute Gasteiger partial charge is 0.322 e. The number of hydrogen-bond acceptors (Lipinski definition) is 5. The molecule has 19 heavy (non-hydrogen) atoms. The first-order valence-electron chi connectivity index (χ1n) is 5.60. The number of hydrogen-bond donors (Lipinski definition) is 2. The van der Waals surface area contributed by atoms with E-state index in [0.29, 0.717) is 11.9 Å². The molecule has 1 aromatic heterocycles. The van der Waals surface area contributed by atoms with E-state index in [1.165, 1.54) is 19.2 Å². The van der Waals surface area contributed by atoms with Gasteiger partial charge in [-0.25, -0.2) is 0 Å². The number of fused-ring (bicyclic) bond motifs is 1. The van der Waals surface area contributed by atoms with Crippen molar-refractivity contribution >= 4 is 22.6 Å². The maximum atomic E-state index is 11.3. The molecule has 0 aliphatic heterocycles. The number of nitrogens with zero attached hydrogens (tertiary/aromatic N) is 1. The molecule has 0 spiro atoms. The van der Waals surface area contributed by atoms with Crippen LogP contribution < -0.4 is 5.73 Å². The minimum absolute atomic E-state index is 0.0122. The zero-order valence-corrected chi connectivity index (χ0v) is 10.3. The first kappa shape index (κ1) is 13.0. The van der Waals surface area contributed by atoms with Crippen LogP contribution in [-0.2, 0) is 16.0 Å². The maximum Gasteiger partial charge on any atom is 0.322 e. The number of carbonyl (C=O) groups is 1. The molecule has 100 valence electrons. The summed E-state index contributed by atoms with van der Waals surface area (Å²) in [5.74, 6) is -0.490. The number of rotatable bonds is 4. The van der Waals surface area contributed by atoms with Crippen molar-refractivity contribution in [3.05, 3.63) is 40.1 Å². The largest absolute Gasteiger partial charge is 0.468 e. The molecule has 0 fully saturated rings. The van der Waals surface area contributed by atoms with Gasteiger partial charge in [0.15, 0.2) is 0 Å². The van der Waals surface area contributed by atoms with Crippen molar-refractivity contribution in [2.45, 2.75) is 12.5 Å². The van der Waals surface area contributed by atoms with Crippen LogP contribution in [0.2, 0.25) is 0 Å². The number of non-ortho nitro benzene ring substituents is 1. The van der Waals surface area contributed by atoms with E-state index >= 15 is 0 Å². The SMILES string of the molecule is COC(=O)C(N)Cc1c[nH]c2cc([N+](=O)[O-])ccc12. The molecule has 7 nitrogen and oxygen atoms in total. The van der Waals surface area contributed by atoms with E-state index in [9.17, 15) is 14.9 Å². The van der Waals surface area contributed by atoms with E-state index in [4.69, 9.17) is 5.73 Å². The molecule has 1 aromatic carbocycles. The van der Waals surface area contributed by atoms with Crippen LogP contribution in [0.5, 0.6) is 0 Å². The summed E-state index contributed by atoms with van der Waals surface area (Å²) in [6, 6.07) is 3.76. The Kier molecular flexibility index (Phi) is 3.48. The molecule has 1 unspecified atom stereocenters. The minimum Gasteiger partial charge on any atom is -0.468 e. The fraction of sp³-hybridized carbons (Fsp3) is 0.250. The van der Waals surface area contributed by atoms with E-state index in [0.717, 1.165) is 10.9 Å². The molecule has 0 aliphatic carbocycles. The molecule has 2 aromatic rings. The Morgan fingerprint density at radius 1 is 1.58 bits per heavy atom. The highest BCUT2D eigenvalue weighted by Gasteiger charge is 2.17. The summed E-state index contributed by atoms with van der Waals surface area (Å²) in [5, 5.41) is 11.5. The Morgan fingerprint density at radius 2 is 2.32 bits per heavy atom. The second-order valence-electron chi connectivity index (χ2n) is 4.13. The number of nitrogens with one attached hydrogen (secondary N) is 1. The number of carbonyl (C=O) groups excluding carboxylic acids is 1. The standard InChI is InChI=1S/C12H13N3O4/c1-19-12(16)10(13)4-7-6-14-11-5-8(15(17)18)2-3-9(7)11/h2-3,5-6,10,14H,4,13H2,1H3. The number of methoxy groups -OCH3 is 1. The number of esters is 1. The Morgan fingerprint density at radius 3 is 2.95 bits per heavy atom. The Labute approximate surface area is 108 Å². The van der Waals surface area contributed by atoms with Gasteiger partial charge < -0.3 is 15.5 Å². The van der Waals surface area contributed by atoms with Crippen molar-refractivity contribution < 1.29 is 14.5 Å². The molecule has 0 bridgehead atoms. The zero-order chi connectivity index (χ0) is 14.0. The number of nitrogens with two attached hydrogens (primary N) is 1. The van der Waals surface area contributed by atoms with Gasteiger partial charge in [0, 0.05) is 30.1 Å². The maximum absolute atomic E-state index is 11.3. The monoisotopic (exact) mass is 263 g/mol. The van der Waals surface area contributed by atoms with Gasteiger partial charge in [-0.1, -0.05) is 0 Å². The van der Waals surface area contributed by atoms with Gasteiger partial charge in [-0.15, -0.1) is 0 Å². The molecule has 0 radical (unpaired) electrons. The van der Waals surface area contributed by atoms with Crippen LogP contribution in [0.15, 0.2) is 24.4 Å². The molecule has 3 N–H and O–H groups in total. The Balaban J connectivity index is 2.31. The van der Waals surface area contributed by atoms with Gasteiger partial charge in [-0.05, 0) is 11.6 Å². The molecule has 1 atom stereocenters. The van der Waals surface area contributed by atoms with E-state index in [1.807, 2.05) is 0 Å². The van der Waals surface area contributed by atoms with Gasteiger partial charge in [-0.2, -0.15) is 0 Å². The number of aromatic nitrogens is 1. The number of nitro benzene ring substituents is 1. The fourth-order valence-corrected chi connectivity index (χ4v) is 1.93. The van der Waals surface area contributed by atoms with Crippen LogP contribution in [0.4, 0.5) is 5.69 Å². The topological polar surface area (TPSA) is 111 Å². The quantitative estimate of drug-likeness (QED) is 0.487. The van der Waals surface area contributed by atoms with Gasteiger partial charge >= 0.3 is 5.97 Å². The summed E-state index contributed by atoms with van der Waals surface area (Å²) >= 11 is 0. The molecular formula is C12H13N3O4. The van der Waals surface area contributed by atoms with E-state index in [1.54, 1.807) is 12.3 Å². The number of H-pyrrole nitrogens is 1. The second-order valence-corrected chi connectivity index (χ2v) is 4.13. The van der Waals surface area contributed by atoms with Crippen LogP contribution >= 0.6 is 0 Å². The third-order valence-corrected chi connectivity index (χ3v) is 2.91. The minimum atomic E-state index is -0.751. The average Bonchev–Trinajstić information content (AvgIpc) is 2.80. The third-order valence-electron chi connectivity index (χ3n) is 2.91. The van der Waals surface area contributed by atoms with Gasteiger partial charge in [-0.3, -0.25) is 14.9 Å². The average molecular weight is 263 g/mol. The van der Waals surface area contributed by atoms with Crippen LogP contribution in [0.1, 0.15) is 5.56 Å². The molecule has 1 heterocycles. The lowest BCUT2D eigenvalue weighted by molar-refractivity contribution is -0.384. The lowest BCUT2D eigenvalue weighted by atomic mass is 10.1. The molecule has 0 aliphatic rings. The summed E-state index contributed by atoms with van der Waals surface area (Å²) in [7, 11) is 1.28. The first-order valence-corrected chi connectivity index (χ1v) is 5.60. The number of nitro groups is 1. The Hall–Kier alpha value is -2.41. The third kappa shape index (κ3) is 2.55. The number of benzene rings is 1. The molecule has 0 amide bonds. The summed E-state index contributed by atoms with van der Waals surface area (Å²) < 4.78 is 4.56. The van der Waals surface area contributed by atoms with Gasteiger partial charge in [0.05, 0.1) is 17.5 Å². The predicted molar refractivity (Wildman–Crippen MR) is 68.6 cm³/mol. The second kappa shape index (κ2) is 5.07. The van der Waals surface area contributed by atoms with E-state index < -0.39 is 16.9 Å². The van der Waals surface area contributed by atoms with E-state index in [-0.39, 0.29) is 5.69 Å². The summed E-state index contributed by atoms with van der Waals surface area (Å²) in [4.78, 5) is 24.4. The van der Waals surface area contributed by atoms with Gasteiger partial charge in [0.2, 0.25) is 0 Å². The Bertz CT molecular complexity index is 635. The number of aromatic amines is 1. The van der Waals surface area contributed by atoms with E-state index in [2.05, 4.69) is 9.72 Å². The lowest BCUT2D eigenvalue weighted by Crippen LogP contribution is -2.33. The molecular weight excluding hydrogens is 250 g/mol. The van der Waals surface area contributed by atoms with Crippen LogP contribution in [-0.4, -0.2) is 29.0 Å². The molecule has 2 rings (SSSR count). The van der Waals surface area contributed by atoms with Crippen molar-refractivity contribution in [2.24, 2.45) is 5.73 Å². The zero-order valence-electron chi connectivity index (χ0n) is 10.3. The van der Waals surface area contributed by atoms with Crippen molar-refractivity contribution in [3.8, 4) is 0 Å². The highest BCUT2D eigenvalue weighted by Crippen LogP contribution is 2.24. The normalized spacial score (nSPS) is 12.3. The highest BCUT2D eigenvalue weighted by molar-refractivity contribution is 5.86. The van der Waals surface area contributed by atoms with Crippen molar-refractivity contribution in [3.63, 3.8) is 0 Å². The van der Waals surface area contributed by atoms with Crippen molar-refractivity contribution in [2.75, 3.05) is 7.11 Å². The summed E-state index contributed by atoms with van der Waals surface area (Å²) in [6.07, 6.45) is 2.00. The first-order chi connectivity index (χ1) is 9.02. The predicted octanol–water partition coefficient (Wildman–Crippen LogP) is 1.12. The van der Waals surface area contributed by atoms with Crippen LogP contribution in [0, 0.1) is 10.1 Å². The molecule has 0 saturated heterocycles. The van der Waals surface area contributed by atoms with Crippen LogP contribution in [0.25, 0.3) is 10.9 Å². The summed E-state index contributed by atoms with van der Waals surface area (Å²) in [5.41, 5.74) is 7.17. The fourth-order valence-electron chi connectivity index (χ4n) is 1.93. The summed E-state index contributed by atoms with van der Waals surface area (Å²) in [6.45, 7) is 0. The van der Waals surface area contributed by atoms with Gasteiger partial charge in [0.25, 0.3) is 5.69 Å². The van der Waals surface area contributed by atoms with Crippen LogP contribution in [0.3, 0.4) is 0 Å². The number of ether oxygens (including phenoxy) is 1. The van der Waals surface area contributed by atoms with Crippen molar-refractivity contribution in [1.29, 1.82) is 0 Å². The molecule has 7 heteroatoms. The lowest BCUT2D eigenvalue weighted by Gasteiger charge is -2.07. The van der Waals surface area contributed by atoms with Gasteiger partial charge in [0.1, 0.15) is 6.04 Å². The highest BCUT2D eigenvalue weighted by atomic mass is 16.6.